The number of nitrogens with one attached hydrogen (secondary N) is 1. The van der Waals surface area contributed by atoms with Crippen molar-refractivity contribution in [3.8, 4) is 5.75 Å². The van der Waals surface area contributed by atoms with Gasteiger partial charge in [-0.1, -0.05) is 31.4 Å². The Morgan fingerprint density at radius 1 is 1.24 bits per heavy atom. The number of aryl methyl sites for hydroxylation is 1. The summed E-state index contributed by atoms with van der Waals surface area (Å²) in [6.07, 6.45) is 7.21. The molecular weight excluding hydrogens is 386 g/mol. The van der Waals surface area contributed by atoms with Gasteiger partial charge >= 0.3 is 0 Å². The van der Waals surface area contributed by atoms with E-state index in [1.54, 1.807) is 18.0 Å². The van der Waals surface area contributed by atoms with Crippen LogP contribution in [-0.2, 0) is 6.54 Å². The van der Waals surface area contributed by atoms with Crippen molar-refractivity contribution in [2.24, 2.45) is 0 Å². The van der Waals surface area contributed by atoms with Crippen molar-refractivity contribution in [3.05, 3.63) is 57.0 Å². The maximum atomic E-state index is 13.0. The summed E-state index contributed by atoms with van der Waals surface area (Å²) in [5.41, 5.74) is 1.97. The fourth-order valence-corrected chi connectivity index (χ4v) is 5.03. The lowest BCUT2D eigenvalue weighted by molar-refractivity contribution is 0.0952. The van der Waals surface area contributed by atoms with E-state index in [0.29, 0.717) is 22.3 Å². The number of hydrogen-bond donors (Lipinski definition) is 1. The first kappa shape index (κ1) is 19.6. The summed E-state index contributed by atoms with van der Waals surface area (Å²) in [4.78, 5) is 31.3. The lowest BCUT2D eigenvalue weighted by atomic mass is 9.95. The van der Waals surface area contributed by atoms with Gasteiger partial charge in [0, 0.05) is 17.5 Å². The third-order valence-corrected chi connectivity index (χ3v) is 6.69. The summed E-state index contributed by atoms with van der Waals surface area (Å²) < 4.78 is 7.50. The highest BCUT2D eigenvalue weighted by Gasteiger charge is 2.23. The summed E-state index contributed by atoms with van der Waals surface area (Å²) in [7, 11) is 1.62. The molecular formula is C22H25N3O3S. The van der Waals surface area contributed by atoms with Crippen LogP contribution in [0.3, 0.4) is 0 Å². The highest BCUT2D eigenvalue weighted by atomic mass is 32.1. The van der Waals surface area contributed by atoms with Gasteiger partial charge in [0.05, 0.1) is 19.0 Å². The maximum Gasteiger partial charge on any atom is 0.271 e. The molecule has 1 N–H and O–H groups in total. The van der Waals surface area contributed by atoms with Gasteiger partial charge in [-0.15, -0.1) is 11.3 Å². The van der Waals surface area contributed by atoms with Crippen molar-refractivity contribution in [1.82, 2.24) is 14.9 Å². The average molecular weight is 412 g/mol. The van der Waals surface area contributed by atoms with Gasteiger partial charge in [0.25, 0.3) is 11.5 Å². The average Bonchev–Trinajstić information content (AvgIpc) is 3.10. The standard InChI is InChI=1S/C22H25N3O3S/c1-14-18(21(26)23-12-15-8-10-17(28-2)11-9-15)19-20(29-14)22(27)25(13-24-19)16-6-4-3-5-7-16/h8-11,13,16H,3-7,12H2,1-2H3,(H,23,26). The Labute approximate surface area is 173 Å². The van der Waals surface area contributed by atoms with Crippen molar-refractivity contribution >= 4 is 27.5 Å². The Hall–Kier alpha value is -2.67. The molecule has 1 aromatic carbocycles. The van der Waals surface area contributed by atoms with E-state index < -0.39 is 0 Å². The summed E-state index contributed by atoms with van der Waals surface area (Å²) >= 11 is 1.37. The van der Waals surface area contributed by atoms with E-state index in [0.717, 1.165) is 41.9 Å². The number of methoxy groups -OCH3 is 1. The first-order valence-electron chi connectivity index (χ1n) is 10.00. The van der Waals surface area contributed by atoms with Crippen LogP contribution in [0.25, 0.3) is 10.2 Å². The lowest BCUT2D eigenvalue weighted by Gasteiger charge is -2.23. The molecule has 4 rings (SSSR count). The van der Waals surface area contributed by atoms with E-state index >= 15 is 0 Å². The van der Waals surface area contributed by atoms with E-state index in [1.807, 2.05) is 31.2 Å². The Bertz CT molecular complexity index is 1080. The molecule has 0 aliphatic heterocycles. The molecule has 1 fully saturated rings. The second-order valence-corrected chi connectivity index (χ2v) is 8.72. The van der Waals surface area contributed by atoms with Crippen LogP contribution in [0.2, 0.25) is 0 Å². The van der Waals surface area contributed by atoms with Crippen LogP contribution in [0.5, 0.6) is 5.75 Å². The van der Waals surface area contributed by atoms with E-state index in [4.69, 9.17) is 4.74 Å². The number of hydrogen-bond acceptors (Lipinski definition) is 5. The van der Waals surface area contributed by atoms with Gasteiger partial charge in [0.2, 0.25) is 0 Å². The van der Waals surface area contributed by atoms with Gasteiger partial charge in [-0.25, -0.2) is 4.98 Å². The normalized spacial score (nSPS) is 14.8. The number of fused-ring (bicyclic) bond motifs is 1. The largest absolute Gasteiger partial charge is 0.497 e. The highest BCUT2D eigenvalue weighted by molar-refractivity contribution is 7.19. The molecule has 1 saturated carbocycles. The molecule has 3 aromatic rings. The molecule has 0 saturated heterocycles. The third-order valence-electron chi connectivity index (χ3n) is 5.61. The first-order chi connectivity index (χ1) is 14.1. The van der Waals surface area contributed by atoms with Crippen LogP contribution in [0.1, 0.15) is 58.9 Å². The fraction of sp³-hybridized carbons (Fsp3) is 0.409. The predicted octanol–water partition coefficient (Wildman–Crippen LogP) is 4.21. The molecule has 1 aliphatic rings. The van der Waals surface area contributed by atoms with Crippen LogP contribution in [0, 0.1) is 6.92 Å². The Balaban J connectivity index is 1.58. The number of rotatable bonds is 5. The third kappa shape index (κ3) is 3.92. The van der Waals surface area contributed by atoms with E-state index in [9.17, 15) is 9.59 Å². The second kappa shape index (κ2) is 8.37. The first-order valence-corrected chi connectivity index (χ1v) is 10.8. The zero-order valence-electron chi connectivity index (χ0n) is 16.7. The smallest absolute Gasteiger partial charge is 0.271 e. The molecule has 152 valence electrons. The van der Waals surface area contributed by atoms with Crippen molar-refractivity contribution in [2.45, 2.75) is 51.6 Å². The molecule has 0 unspecified atom stereocenters. The molecule has 6 nitrogen and oxygen atoms in total. The number of carbonyl (C=O) groups excluding carboxylic acids is 1. The minimum atomic E-state index is -0.202. The van der Waals surface area contributed by atoms with Crippen molar-refractivity contribution < 1.29 is 9.53 Å². The quantitative estimate of drug-likeness (QED) is 0.683. The van der Waals surface area contributed by atoms with E-state index in [2.05, 4.69) is 10.3 Å². The monoisotopic (exact) mass is 411 g/mol. The Kier molecular flexibility index (Phi) is 5.67. The molecule has 0 atom stereocenters. The number of nitrogens with zero attached hydrogens (tertiary/aromatic N) is 2. The van der Waals surface area contributed by atoms with Crippen molar-refractivity contribution in [1.29, 1.82) is 0 Å². The van der Waals surface area contributed by atoms with E-state index in [-0.39, 0.29) is 17.5 Å². The molecule has 0 spiro atoms. The molecule has 2 heterocycles. The summed E-state index contributed by atoms with van der Waals surface area (Å²) in [5.74, 6) is 0.574. The number of ether oxygens (including phenoxy) is 1. The van der Waals surface area contributed by atoms with Gasteiger partial charge in [0.1, 0.15) is 16.0 Å². The summed E-state index contributed by atoms with van der Waals surface area (Å²) in [6.45, 7) is 2.28. The molecule has 1 amide bonds. The molecule has 2 aromatic heterocycles. The zero-order chi connectivity index (χ0) is 20.4. The molecule has 29 heavy (non-hydrogen) atoms. The zero-order valence-corrected chi connectivity index (χ0v) is 17.6. The van der Waals surface area contributed by atoms with Crippen LogP contribution in [0.15, 0.2) is 35.4 Å². The molecule has 1 aliphatic carbocycles. The summed E-state index contributed by atoms with van der Waals surface area (Å²) in [6, 6.07) is 7.78. The van der Waals surface area contributed by atoms with Crippen LogP contribution >= 0.6 is 11.3 Å². The second-order valence-electron chi connectivity index (χ2n) is 7.49. The lowest BCUT2D eigenvalue weighted by Crippen LogP contribution is -2.27. The van der Waals surface area contributed by atoms with Gasteiger partial charge in [-0.05, 0) is 37.5 Å². The number of thiophene rings is 1. The van der Waals surface area contributed by atoms with Gasteiger partial charge in [-0.2, -0.15) is 0 Å². The minimum Gasteiger partial charge on any atom is -0.497 e. The Morgan fingerprint density at radius 2 is 1.97 bits per heavy atom. The molecule has 0 radical (unpaired) electrons. The number of carbonyl (C=O) groups is 1. The number of aromatic nitrogens is 2. The maximum absolute atomic E-state index is 13.0. The van der Waals surface area contributed by atoms with Crippen molar-refractivity contribution in [3.63, 3.8) is 0 Å². The number of amides is 1. The SMILES string of the molecule is COc1ccc(CNC(=O)c2c(C)sc3c(=O)n(C4CCCCC4)cnc23)cc1. The highest BCUT2D eigenvalue weighted by Crippen LogP contribution is 2.30. The van der Waals surface area contributed by atoms with Gasteiger partial charge in [0.15, 0.2) is 0 Å². The van der Waals surface area contributed by atoms with Gasteiger partial charge < -0.3 is 10.1 Å². The molecule has 0 bridgehead atoms. The topological polar surface area (TPSA) is 73.2 Å². The summed E-state index contributed by atoms with van der Waals surface area (Å²) in [5, 5.41) is 2.95. The predicted molar refractivity (Wildman–Crippen MR) is 115 cm³/mol. The fourth-order valence-electron chi connectivity index (χ4n) is 3.99. The minimum absolute atomic E-state index is 0.0239. The molecule has 7 heteroatoms. The van der Waals surface area contributed by atoms with Crippen molar-refractivity contribution in [2.75, 3.05) is 7.11 Å². The van der Waals surface area contributed by atoms with Gasteiger partial charge in [-0.3, -0.25) is 14.2 Å². The van der Waals surface area contributed by atoms with Crippen LogP contribution in [0.4, 0.5) is 0 Å². The Morgan fingerprint density at radius 3 is 2.66 bits per heavy atom. The van der Waals surface area contributed by atoms with E-state index in [1.165, 1.54) is 17.8 Å². The van der Waals surface area contributed by atoms with Crippen LogP contribution < -0.4 is 15.6 Å². The number of benzene rings is 1. The van der Waals surface area contributed by atoms with Crippen LogP contribution in [-0.4, -0.2) is 22.6 Å².